The Morgan fingerprint density at radius 2 is 2.36 bits per heavy atom. The van der Waals surface area contributed by atoms with Gasteiger partial charge in [0.25, 0.3) is 0 Å². The first-order chi connectivity index (χ1) is 6.68. The molecule has 1 aromatic carbocycles. The van der Waals surface area contributed by atoms with Crippen LogP contribution in [0.4, 0.5) is 0 Å². The monoisotopic (exact) mass is 255 g/mol. The highest BCUT2D eigenvalue weighted by Crippen LogP contribution is 2.35. The van der Waals surface area contributed by atoms with Crippen molar-refractivity contribution in [1.29, 1.82) is 0 Å². The Kier molecular flexibility index (Phi) is 2.46. The number of hydrogen-bond donors (Lipinski definition) is 1. The van der Waals surface area contributed by atoms with Crippen molar-refractivity contribution in [2.75, 3.05) is 6.61 Å². The van der Waals surface area contributed by atoms with Crippen molar-refractivity contribution in [3.05, 3.63) is 28.2 Å². The highest BCUT2D eigenvalue weighted by atomic mass is 79.9. The van der Waals surface area contributed by atoms with Crippen LogP contribution < -0.4 is 10.5 Å². The van der Waals surface area contributed by atoms with E-state index in [4.69, 9.17) is 10.5 Å². The molecule has 1 atom stereocenters. The van der Waals surface area contributed by atoms with Gasteiger partial charge in [-0.05, 0) is 18.6 Å². The van der Waals surface area contributed by atoms with Crippen LogP contribution in [0.25, 0.3) is 0 Å². The van der Waals surface area contributed by atoms with E-state index < -0.39 is 0 Å². The average molecular weight is 256 g/mol. The van der Waals surface area contributed by atoms with Crippen LogP contribution in [0.1, 0.15) is 17.9 Å². The third kappa shape index (κ3) is 1.62. The molecule has 1 aliphatic heterocycles. The van der Waals surface area contributed by atoms with Crippen LogP contribution in [0, 0.1) is 0 Å². The standard InChI is InChI=1S/C10H10BrNO2/c11-6-1-2-7-8(10(12)13)3-4-14-9(7)5-6/h1-2,5,8H,3-4H2,(H2,12,13). The fourth-order valence-electron chi connectivity index (χ4n) is 1.66. The van der Waals surface area contributed by atoms with Gasteiger partial charge in [0.05, 0.1) is 12.5 Å². The van der Waals surface area contributed by atoms with Gasteiger partial charge >= 0.3 is 0 Å². The van der Waals surface area contributed by atoms with Gasteiger partial charge in [-0.1, -0.05) is 22.0 Å². The molecule has 0 spiro atoms. The third-order valence-electron chi connectivity index (χ3n) is 2.36. The fourth-order valence-corrected chi connectivity index (χ4v) is 2.00. The minimum Gasteiger partial charge on any atom is -0.493 e. The first-order valence-corrected chi connectivity index (χ1v) is 5.19. The Hall–Kier alpha value is -1.03. The predicted octanol–water partition coefficient (Wildman–Crippen LogP) is 1.80. The topological polar surface area (TPSA) is 52.3 Å². The molecule has 1 amide bonds. The lowest BCUT2D eigenvalue weighted by molar-refractivity contribution is -0.120. The number of halogens is 1. The first kappa shape index (κ1) is 9.52. The Bertz CT molecular complexity index is 378. The van der Waals surface area contributed by atoms with E-state index >= 15 is 0 Å². The minimum absolute atomic E-state index is 0.202. The van der Waals surface area contributed by atoms with Crippen molar-refractivity contribution in [2.45, 2.75) is 12.3 Å². The van der Waals surface area contributed by atoms with Gasteiger partial charge in [-0.15, -0.1) is 0 Å². The summed E-state index contributed by atoms with van der Waals surface area (Å²) in [5.41, 5.74) is 6.21. The summed E-state index contributed by atoms with van der Waals surface area (Å²) in [5, 5.41) is 0. The van der Waals surface area contributed by atoms with E-state index in [0.29, 0.717) is 13.0 Å². The molecule has 2 N–H and O–H groups in total. The molecule has 2 rings (SSSR count). The molecule has 1 aromatic rings. The van der Waals surface area contributed by atoms with E-state index in [1.807, 2.05) is 18.2 Å². The number of primary amides is 1. The van der Waals surface area contributed by atoms with Crippen molar-refractivity contribution < 1.29 is 9.53 Å². The zero-order valence-corrected chi connectivity index (χ0v) is 9.08. The van der Waals surface area contributed by atoms with Crippen LogP contribution in [-0.2, 0) is 4.79 Å². The molecule has 74 valence electrons. The van der Waals surface area contributed by atoms with Crippen LogP contribution in [0.2, 0.25) is 0 Å². The van der Waals surface area contributed by atoms with Crippen LogP contribution >= 0.6 is 15.9 Å². The minimum atomic E-state index is -0.281. The van der Waals surface area contributed by atoms with Crippen molar-refractivity contribution in [3.8, 4) is 5.75 Å². The largest absolute Gasteiger partial charge is 0.493 e. The second-order valence-corrected chi connectivity index (χ2v) is 4.19. The van der Waals surface area contributed by atoms with E-state index in [2.05, 4.69) is 15.9 Å². The number of hydrogen-bond acceptors (Lipinski definition) is 2. The molecule has 0 aromatic heterocycles. The van der Waals surface area contributed by atoms with Crippen molar-refractivity contribution in [2.24, 2.45) is 5.73 Å². The Morgan fingerprint density at radius 3 is 3.07 bits per heavy atom. The normalized spacial score (nSPS) is 19.6. The highest BCUT2D eigenvalue weighted by molar-refractivity contribution is 9.10. The second kappa shape index (κ2) is 3.61. The van der Waals surface area contributed by atoms with Gasteiger partial charge in [-0.3, -0.25) is 4.79 Å². The molecule has 1 aliphatic rings. The predicted molar refractivity (Wildman–Crippen MR) is 56.2 cm³/mol. The molecule has 4 heteroatoms. The summed E-state index contributed by atoms with van der Waals surface area (Å²) >= 11 is 3.35. The molecule has 1 heterocycles. The van der Waals surface area contributed by atoms with Gasteiger partial charge in [-0.25, -0.2) is 0 Å². The molecule has 0 saturated heterocycles. The third-order valence-corrected chi connectivity index (χ3v) is 2.85. The van der Waals surface area contributed by atoms with Gasteiger partial charge in [0.15, 0.2) is 0 Å². The molecule has 0 aliphatic carbocycles. The van der Waals surface area contributed by atoms with Crippen LogP contribution in [0.3, 0.4) is 0 Å². The second-order valence-electron chi connectivity index (χ2n) is 3.27. The Morgan fingerprint density at radius 1 is 1.57 bits per heavy atom. The summed E-state index contributed by atoms with van der Waals surface area (Å²) in [4.78, 5) is 11.2. The maximum Gasteiger partial charge on any atom is 0.225 e. The quantitative estimate of drug-likeness (QED) is 0.832. The number of benzene rings is 1. The Labute approximate surface area is 90.4 Å². The molecule has 1 unspecified atom stereocenters. The summed E-state index contributed by atoms with van der Waals surface area (Å²) in [5.74, 6) is 0.276. The van der Waals surface area contributed by atoms with Gasteiger partial charge < -0.3 is 10.5 Å². The van der Waals surface area contributed by atoms with Crippen LogP contribution in [0.5, 0.6) is 5.75 Å². The van der Waals surface area contributed by atoms with Crippen LogP contribution in [-0.4, -0.2) is 12.5 Å². The van der Waals surface area contributed by atoms with E-state index in [0.717, 1.165) is 15.8 Å². The number of nitrogens with two attached hydrogens (primary N) is 1. The zero-order valence-electron chi connectivity index (χ0n) is 7.50. The smallest absolute Gasteiger partial charge is 0.225 e. The fraction of sp³-hybridized carbons (Fsp3) is 0.300. The molecular formula is C10H10BrNO2. The number of carbonyl (C=O) groups excluding carboxylic acids is 1. The number of fused-ring (bicyclic) bond motifs is 1. The number of carbonyl (C=O) groups is 1. The molecule has 0 fully saturated rings. The van der Waals surface area contributed by atoms with Gasteiger partial charge in [0.2, 0.25) is 5.91 Å². The molecule has 14 heavy (non-hydrogen) atoms. The van der Waals surface area contributed by atoms with Crippen LogP contribution in [0.15, 0.2) is 22.7 Å². The summed E-state index contributed by atoms with van der Waals surface area (Å²) in [6.45, 7) is 0.553. The molecule has 0 radical (unpaired) electrons. The molecule has 0 bridgehead atoms. The molecule has 0 saturated carbocycles. The average Bonchev–Trinajstić information content (AvgIpc) is 2.16. The summed E-state index contributed by atoms with van der Waals surface area (Å²) < 4.78 is 6.39. The lowest BCUT2D eigenvalue weighted by Gasteiger charge is -2.23. The summed E-state index contributed by atoms with van der Waals surface area (Å²) in [6.07, 6.45) is 0.671. The zero-order chi connectivity index (χ0) is 10.1. The van der Waals surface area contributed by atoms with E-state index in [1.54, 1.807) is 0 Å². The van der Waals surface area contributed by atoms with Crippen molar-refractivity contribution >= 4 is 21.8 Å². The number of rotatable bonds is 1. The van der Waals surface area contributed by atoms with Crippen molar-refractivity contribution in [1.82, 2.24) is 0 Å². The summed E-state index contributed by atoms with van der Waals surface area (Å²) in [7, 11) is 0. The number of ether oxygens (including phenoxy) is 1. The maximum atomic E-state index is 11.2. The molecular weight excluding hydrogens is 246 g/mol. The summed E-state index contributed by atoms with van der Waals surface area (Å²) in [6, 6.07) is 5.64. The van der Waals surface area contributed by atoms with E-state index in [1.165, 1.54) is 0 Å². The van der Waals surface area contributed by atoms with E-state index in [-0.39, 0.29) is 11.8 Å². The lowest BCUT2D eigenvalue weighted by atomic mass is 9.93. The van der Waals surface area contributed by atoms with E-state index in [9.17, 15) is 4.79 Å². The van der Waals surface area contributed by atoms with Gasteiger partial charge in [0.1, 0.15) is 5.75 Å². The first-order valence-electron chi connectivity index (χ1n) is 4.40. The molecule has 3 nitrogen and oxygen atoms in total. The van der Waals surface area contributed by atoms with Gasteiger partial charge in [0, 0.05) is 10.0 Å². The van der Waals surface area contributed by atoms with Gasteiger partial charge in [-0.2, -0.15) is 0 Å². The maximum absolute atomic E-state index is 11.2. The lowest BCUT2D eigenvalue weighted by Crippen LogP contribution is -2.26. The van der Waals surface area contributed by atoms with Crippen molar-refractivity contribution in [3.63, 3.8) is 0 Å². The number of amides is 1. The highest BCUT2D eigenvalue weighted by Gasteiger charge is 2.25. The Balaban J connectivity index is 2.44. The SMILES string of the molecule is NC(=O)C1CCOc2cc(Br)ccc21.